The Hall–Kier alpha value is -3.42. The van der Waals surface area contributed by atoms with Gasteiger partial charge in [0.05, 0.1) is 0 Å². The highest BCUT2D eigenvalue weighted by Crippen LogP contribution is 2.29. The van der Waals surface area contributed by atoms with Crippen molar-refractivity contribution in [2.75, 3.05) is 5.32 Å². The Morgan fingerprint density at radius 2 is 1.90 bits per heavy atom. The normalized spacial score (nSPS) is 15.6. The van der Waals surface area contributed by atoms with E-state index in [0.29, 0.717) is 11.6 Å². The first-order chi connectivity index (χ1) is 14.9. The SMILES string of the molecule is CC(Nc1cc(C(N)=O)nc(-c2ccc3c(ccn3CC3CCCCC3)c2)n1)C(N)=O. The van der Waals surface area contributed by atoms with Gasteiger partial charge >= 0.3 is 0 Å². The molecular weight excluding hydrogens is 392 g/mol. The quantitative estimate of drug-likeness (QED) is 0.541. The van der Waals surface area contributed by atoms with Gasteiger partial charge in [-0.05, 0) is 49.9 Å². The van der Waals surface area contributed by atoms with E-state index in [0.717, 1.165) is 23.4 Å². The monoisotopic (exact) mass is 420 g/mol. The zero-order chi connectivity index (χ0) is 22.0. The van der Waals surface area contributed by atoms with Gasteiger partial charge in [-0.2, -0.15) is 0 Å². The molecule has 0 radical (unpaired) electrons. The molecular formula is C23H28N6O2. The minimum absolute atomic E-state index is 0.0686. The molecule has 2 amide bonds. The number of amides is 2. The highest BCUT2D eigenvalue weighted by Gasteiger charge is 2.17. The Balaban J connectivity index is 1.65. The van der Waals surface area contributed by atoms with Crippen molar-refractivity contribution < 1.29 is 9.59 Å². The Kier molecular flexibility index (Phi) is 5.88. The lowest BCUT2D eigenvalue weighted by Gasteiger charge is -2.22. The van der Waals surface area contributed by atoms with Crippen molar-refractivity contribution in [3.8, 4) is 11.4 Å². The van der Waals surface area contributed by atoms with Gasteiger partial charge in [0.2, 0.25) is 5.91 Å². The molecule has 1 saturated carbocycles. The molecule has 3 aromatic rings. The summed E-state index contributed by atoms with van der Waals surface area (Å²) in [5.41, 5.74) is 12.8. The van der Waals surface area contributed by atoms with Crippen LogP contribution in [0, 0.1) is 5.92 Å². The third-order valence-corrected chi connectivity index (χ3v) is 5.98. The summed E-state index contributed by atoms with van der Waals surface area (Å²) in [5, 5.41) is 3.98. The molecule has 2 aromatic heterocycles. The zero-order valence-corrected chi connectivity index (χ0v) is 17.7. The average Bonchev–Trinajstić information content (AvgIpc) is 3.16. The van der Waals surface area contributed by atoms with Gasteiger partial charge in [-0.15, -0.1) is 0 Å². The van der Waals surface area contributed by atoms with Crippen molar-refractivity contribution in [1.82, 2.24) is 14.5 Å². The number of hydrogen-bond donors (Lipinski definition) is 3. The van der Waals surface area contributed by atoms with Gasteiger partial charge in [0.25, 0.3) is 5.91 Å². The number of nitrogens with one attached hydrogen (secondary N) is 1. The highest BCUT2D eigenvalue weighted by molar-refractivity contribution is 5.92. The van der Waals surface area contributed by atoms with Crippen LogP contribution in [-0.4, -0.2) is 32.4 Å². The number of primary amides is 2. The molecule has 8 nitrogen and oxygen atoms in total. The molecule has 0 saturated heterocycles. The molecule has 1 aromatic carbocycles. The van der Waals surface area contributed by atoms with Gasteiger partial charge in [0.1, 0.15) is 17.6 Å². The molecule has 4 rings (SSSR count). The lowest BCUT2D eigenvalue weighted by molar-refractivity contribution is -0.118. The molecule has 1 aliphatic rings. The van der Waals surface area contributed by atoms with E-state index in [9.17, 15) is 9.59 Å². The lowest BCUT2D eigenvalue weighted by atomic mass is 9.89. The first-order valence-corrected chi connectivity index (χ1v) is 10.7. The van der Waals surface area contributed by atoms with Crippen molar-refractivity contribution in [1.29, 1.82) is 0 Å². The molecule has 8 heteroatoms. The molecule has 1 aliphatic carbocycles. The van der Waals surface area contributed by atoms with Crippen molar-refractivity contribution >= 4 is 28.5 Å². The van der Waals surface area contributed by atoms with Gasteiger partial charge in [-0.1, -0.05) is 19.3 Å². The summed E-state index contributed by atoms with van der Waals surface area (Å²) in [6.45, 7) is 2.66. The van der Waals surface area contributed by atoms with Crippen LogP contribution < -0.4 is 16.8 Å². The van der Waals surface area contributed by atoms with Crippen LogP contribution in [-0.2, 0) is 11.3 Å². The van der Waals surface area contributed by atoms with E-state index in [4.69, 9.17) is 11.5 Å². The van der Waals surface area contributed by atoms with Gasteiger partial charge in [0.15, 0.2) is 5.82 Å². The number of aromatic nitrogens is 3. The van der Waals surface area contributed by atoms with Crippen LogP contribution in [0.1, 0.15) is 49.5 Å². The van der Waals surface area contributed by atoms with E-state index in [2.05, 4.69) is 38.2 Å². The fourth-order valence-electron chi connectivity index (χ4n) is 4.22. The number of benzene rings is 1. The van der Waals surface area contributed by atoms with E-state index >= 15 is 0 Å². The summed E-state index contributed by atoms with van der Waals surface area (Å²) in [6, 6.07) is 8.88. The minimum Gasteiger partial charge on any atom is -0.368 e. The Bertz CT molecular complexity index is 1120. The van der Waals surface area contributed by atoms with Crippen LogP contribution >= 0.6 is 0 Å². The van der Waals surface area contributed by atoms with E-state index in [1.54, 1.807) is 6.92 Å². The van der Waals surface area contributed by atoms with Crippen LogP contribution in [0.25, 0.3) is 22.3 Å². The van der Waals surface area contributed by atoms with Crippen LogP contribution in [0.15, 0.2) is 36.5 Å². The molecule has 5 N–H and O–H groups in total. The molecule has 1 atom stereocenters. The van der Waals surface area contributed by atoms with Crippen LogP contribution in [0.5, 0.6) is 0 Å². The largest absolute Gasteiger partial charge is 0.368 e. The fourth-order valence-corrected chi connectivity index (χ4v) is 4.22. The van der Waals surface area contributed by atoms with Crippen molar-refractivity contribution in [3.05, 3.63) is 42.2 Å². The first-order valence-electron chi connectivity index (χ1n) is 10.7. The summed E-state index contributed by atoms with van der Waals surface area (Å²) < 4.78 is 2.32. The number of rotatable bonds is 7. The molecule has 0 aliphatic heterocycles. The van der Waals surface area contributed by atoms with Crippen LogP contribution in [0.2, 0.25) is 0 Å². The Labute approximate surface area is 181 Å². The second-order valence-electron chi connectivity index (χ2n) is 8.34. The van der Waals surface area contributed by atoms with Gasteiger partial charge in [-0.25, -0.2) is 9.97 Å². The fraction of sp³-hybridized carbons (Fsp3) is 0.391. The number of carbonyl (C=O) groups is 2. The number of nitrogens with zero attached hydrogens (tertiary/aromatic N) is 3. The Morgan fingerprint density at radius 3 is 2.61 bits per heavy atom. The molecule has 0 spiro atoms. The third kappa shape index (κ3) is 4.68. The molecule has 1 fully saturated rings. The molecule has 31 heavy (non-hydrogen) atoms. The highest BCUT2D eigenvalue weighted by atomic mass is 16.1. The predicted molar refractivity (Wildman–Crippen MR) is 120 cm³/mol. The lowest BCUT2D eigenvalue weighted by Crippen LogP contribution is -2.33. The number of nitrogens with two attached hydrogens (primary N) is 2. The molecule has 1 unspecified atom stereocenters. The van der Waals surface area contributed by atoms with Crippen LogP contribution in [0.4, 0.5) is 5.82 Å². The standard InChI is InChI=1S/C23H28N6O2/c1-14(21(24)30)26-20-12-18(22(25)31)27-23(28-20)17-7-8-19-16(11-17)9-10-29(19)13-15-5-3-2-4-6-15/h7-12,14-15H,2-6,13H2,1H3,(H2,24,30)(H2,25,31)(H,26,27,28). The summed E-state index contributed by atoms with van der Waals surface area (Å²) in [7, 11) is 0. The summed E-state index contributed by atoms with van der Waals surface area (Å²) >= 11 is 0. The summed E-state index contributed by atoms with van der Waals surface area (Å²) in [6.07, 6.45) is 8.73. The minimum atomic E-state index is -0.668. The van der Waals surface area contributed by atoms with Gasteiger partial charge in [-0.3, -0.25) is 9.59 Å². The predicted octanol–water partition coefficient (Wildman–Crippen LogP) is 3.06. The van der Waals surface area contributed by atoms with Crippen molar-refractivity contribution in [2.45, 2.75) is 51.6 Å². The van der Waals surface area contributed by atoms with E-state index in [1.165, 1.54) is 43.7 Å². The maximum atomic E-state index is 11.8. The van der Waals surface area contributed by atoms with Crippen molar-refractivity contribution in [2.24, 2.45) is 17.4 Å². The number of carbonyl (C=O) groups excluding carboxylic acids is 2. The molecule has 0 bridgehead atoms. The number of fused-ring (bicyclic) bond motifs is 1. The Morgan fingerprint density at radius 1 is 1.13 bits per heavy atom. The van der Waals surface area contributed by atoms with E-state index < -0.39 is 17.9 Å². The first kappa shape index (κ1) is 20.8. The number of anilines is 1. The maximum absolute atomic E-state index is 11.8. The smallest absolute Gasteiger partial charge is 0.267 e. The average molecular weight is 421 g/mol. The number of hydrogen-bond acceptors (Lipinski definition) is 5. The second-order valence-corrected chi connectivity index (χ2v) is 8.34. The van der Waals surface area contributed by atoms with Gasteiger partial charge < -0.3 is 21.4 Å². The van der Waals surface area contributed by atoms with Gasteiger partial charge in [0, 0.05) is 35.3 Å². The van der Waals surface area contributed by atoms with Crippen LogP contribution in [0.3, 0.4) is 0 Å². The molecule has 162 valence electrons. The van der Waals surface area contributed by atoms with E-state index in [-0.39, 0.29) is 5.69 Å². The van der Waals surface area contributed by atoms with Crippen molar-refractivity contribution in [3.63, 3.8) is 0 Å². The second kappa shape index (κ2) is 8.75. The van der Waals surface area contributed by atoms with E-state index in [1.807, 2.05) is 12.1 Å². The zero-order valence-electron chi connectivity index (χ0n) is 17.7. The topological polar surface area (TPSA) is 129 Å². The summed E-state index contributed by atoms with van der Waals surface area (Å²) in [4.78, 5) is 31.9. The maximum Gasteiger partial charge on any atom is 0.267 e. The molecule has 2 heterocycles. The third-order valence-electron chi connectivity index (χ3n) is 5.98. The summed E-state index contributed by atoms with van der Waals surface area (Å²) in [5.74, 6) is 0.220.